The molecule has 0 atom stereocenters. The van der Waals surface area contributed by atoms with Crippen LogP contribution >= 0.6 is 15.9 Å². The number of aromatic amines is 1. The summed E-state index contributed by atoms with van der Waals surface area (Å²) >= 11 is 3.68. The number of hydrogen-bond donors (Lipinski definition) is 1. The first kappa shape index (κ1) is 11.2. The highest BCUT2D eigenvalue weighted by Crippen LogP contribution is 2.27. The molecule has 0 aliphatic carbocycles. The Labute approximate surface area is 109 Å². The van der Waals surface area contributed by atoms with Gasteiger partial charge in [-0.3, -0.25) is 4.90 Å². The molecule has 3 heterocycles. The summed E-state index contributed by atoms with van der Waals surface area (Å²) in [5.41, 5.74) is 2.23. The van der Waals surface area contributed by atoms with Gasteiger partial charge in [0.1, 0.15) is 5.65 Å². The molecule has 1 saturated heterocycles. The Morgan fingerprint density at radius 3 is 2.88 bits per heavy atom. The van der Waals surface area contributed by atoms with Gasteiger partial charge in [-0.05, 0) is 54.0 Å². The maximum atomic E-state index is 4.35. The second-order valence-electron chi connectivity index (χ2n) is 4.65. The number of rotatable bonds is 2. The zero-order valence-corrected chi connectivity index (χ0v) is 11.3. The van der Waals surface area contributed by atoms with Crippen LogP contribution in [0.1, 0.15) is 25.0 Å². The van der Waals surface area contributed by atoms with E-state index in [-0.39, 0.29) is 0 Å². The van der Waals surface area contributed by atoms with Crippen molar-refractivity contribution in [3.05, 3.63) is 28.5 Å². The molecule has 3 nitrogen and oxygen atoms in total. The number of nitrogens with one attached hydrogen (secondary N) is 1. The van der Waals surface area contributed by atoms with Gasteiger partial charge in [0.2, 0.25) is 0 Å². The van der Waals surface area contributed by atoms with Gasteiger partial charge in [0.05, 0.1) is 0 Å². The van der Waals surface area contributed by atoms with Crippen molar-refractivity contribution >= 4 is 27.0 Å². The van der Waals surface area contributed by atoms with E-state index in [2.05, 4.69) is 36.9 Å². The minimum atomic E-state index is 0.978. The van der Waals surface area contributed by atoms with E-state index in [9.17, 15) is 0 Å². The number of aromatic nitrogens is 2. The Morgan fingerprint density at radius 2 is 2.12 bits per heavy atom. The second kappa shape index (κ2) is 4.78. The fourth-order valence-electron chi connectivity index (χ4n) is 2.49. The molecule has 17 heavy (non-hydrogen) atoms. The standard InChI is InChI=1S/C13H16BrN3/c14-12-10-5-4-6-15-13(10)16-11(12)9-17-7-2-1-3-8-17/h4-6H,1-3,7-9H2,(H,15,16). The summed E-state index contributed by atoms with van der Waals surface area (Å²) < 4.78 is 1.17. The molecule has 1 fully saturated rings. The van der Waals surface area contributed by atoms with Crippen LogP contribution in [-0.4, -0.2) is 28.0 Å². The Bertz CT molecular complexity index is 514. The van der Waals surface area contributed by atoms with Crippen LogP contribution in [0, 0.1) is 0 Å². The first-order valence-corrected chi connectivity index (χ1v) is 6.97. The lowest BCUT2D eigenvalue weighted by Gasteiger charge is -2.25. The number of nitrogens with zero attached hydrogens (tertiary/aromatic N) is 2. The minimum Gasteiger partial charge on any atom is -0.341 e. The van der Waals surface area contributed by atoms with Crippen molar-refractivity contribution in [3.63, 3.8) is 0 Å². The second-order valence-corrected chi connectivity index (χ2v) is 5.45. The maximum absolute atomic E-state index is 4.35. The topological polar surface area (TPSA) is 31.9 Å². The van der Waals surface area contributed by atoms with Crippen LogP contribution in [0.15, 0.2) is 22.8 Å². The van der Waals surface area contributed by atoms with Crippen molar-refractivity contribution < 1.29 is 0 Å². The molecule has 0 radical (unpaired) electrons. The molecule has 0 unspecified atom stereocenters. The maximum Gasteiger partial charge on any atom is 0.138 e. The molecular weight excluding hydrogens is 278 g/mol. The Hall–Kier alpha value is -0.870. The molecular formula is C13H16BrN3. The van der Waals surface area contributed by atoms with Gasteiger partial charge in [0.25, 0.3) is 0 Å². The van der Waals surface area contributed by atoms with Gasteiger partial charge >= 0.3 is 0 Å². The Balaban J connectivity index is 1.87. The Kier molecular flexibility index (Phi) is 3.16. The molecule has 2 aromatic heterocycles. The molecule has 0 saturated carbocycles. The van der Waals surface area contributed by atoms with Crippen molar-refractivity contribution in [2.45, 2.75) is 25.8 Å². The zero-order chi connectivity index (χ0) is 11.7. The molecule has 90 valence electrons. The van der Waals surface area contributed by atoms with Crippen LogP contribution in [0.5, 0.6) is 0 Å². The van der Waals surface area contributed by atoms with Crippen molar-refractivity contribution in [2.24, 2.45) is 0 Å². The number of fused-ring (bicyclic) bond motifs is 1. The summed E-state index contributed by atoms with van der Waals surface area (Å²) in [4.78, 5) is 10.3. The molecule has 1 aliphatic rings. The first-order valence-electron chi connectivity index (χ1n) is 6.18. The van der Waals surface area contributed by atoms with Crippen LogP contribution in [0.2, 0.25) is 0 Å². The number of pyridine rings is 1. The van der Waals surface area contributed by atoms with E-state index in [0.717, 1.165) is 12.2 Å². The number of hydrogen-bond acceptors (Lipinski definition) is 2. The average Bonchev–Trinajstić information content (AvgIpc) is 2.68. The predicted molar refractivity (Wildman–Crippen MR) is 72.9 cm³/mol. The van der Waals surface area contributed by atoms with Gasteiger partial charge in [-0.15, -0.1) is 0 Å². The van der Waals surface area contributed by atoms with Crippen molar-refractivity contribution in [1.29, 1.82) is 0 Å². The van der Waals surface area contributed by atoms with Gasteiger partial charge in [-0.1, -0.05) is 6.42 Å². The highest BCUT2D eigenvalue weighted by Gasteiger charge is 2.15. The minimum absolute atomic E-state index is 0.978. The molecule has 1 aliphatic heterocycles. The van der Waals surface area contributed by atoms with E-state index in [0.29, 0.717) is 0 Å². The van der Waals surface area contributed by atoms with E-state index in [1.807, 2.05) is 12.3 Å². The molecule has 2 aromatic rings. The molecule has 0 aromatic carbocycles. The molecule has 0 amide bonds. The van der Waals surface area contributed by atoms with E-state index in [4.69, 9.17) is 0 Å². The van der Waals surface area contributed by atoms with Gasteiger partial charge in [-0.25, -0.2) is 4.98 Å². The number of H-pyrrole nitrogens is 1. The van der Waals surface area contributed by atoms with Crippen LogP contribution in [-0.2, 0) is 6.54 Å². The number of piperidine rings is 1. The number of halogens is 1. The van der Waals surface area contributed by atoms with Gasteiger partial charge in [-0.2, -0.15) is 0 Å². The fourth-order valence-corrected chi connectivity index (χ4v) is 3.04. The SMILES string of the molecule is Brc1c(CN2CCCCC2)[nH]c2ncccc12. The predicted octanol–water partition coefficient (Wildman–Crippen LogP) is 3.31. The molecule has 1 N–H and O–H groups in total. The van der Waals surface area contributed by atoms with E-state index >= 15 is 0 Å². The van der Waals surface area contributed by atoms with Gasteiger partial charge in [0, 0.05) is 28.3 Å². The summed E-state index contributed by atoms with van der Waals surface area (Å²) in [7, 11) is 0. The van der Waals surface area contributed by atoms with Gasteiger partial charge in [0.15, 0.2) is 0 Å². The summed E-state index contributed by atoms with van der Waals surface area (Å²) in [6.45, 7) is 3.43. The van der Waals surface area contributed by atoms with Crippen molar-refractivity contribution in [2.75, 3.05) is 13.1 Å². The lowest BCUT2D eigenvalue weighted by Crippen LogP contribution is -2.29. The third-order valence-corrected chi connectivity index (χ3v) is 4.31. The average molecular weight is 294 g/mol. The molecule has 0 bridgehead atoms. The van der Waals surface area contributed by atoms with Crippen LogP contribution in [0.3, 0.4) is 0 Å². The van der Waals surface area contributed by atoms with E-state index in [1.54, 1.807) is 0 Å². The monoisotopic (exact) mass is 293 g/mol. The lowest BCUT2D eigenvalue weighted by atomic mass is 10.1. The fraction of sp³-hybridized carbons (Fsp3) is 0.462. The summed E-state index contributed by atoms with van der Waals surface area (Å²) in [5.74, 6) is 0. The molecule has 0 spiro atoms. The normalized spacial score (nSPS) is 17.7. The van der Waals surface area contributed by atoms with Gasteiger partial charge < -0.3 is 4.98 Å². The van der Waals surface area contributed by atoms with Crippen LogP contribution in [0.25, 0.3) is 11.0 Å². The number of likely N-dealkylation sites (tertiary alicyclic amines) is 1. The first-order chi connectivity index (χ1) is 8.34. The van der Waals surface area contributed by atoms with E-state index < -0.39 is 0 Å². The van der Waals surface area contributed by atoms with Crippen LogP contribution < -0.4 is 0 Å². The van der Waals surface area contributed by atoms with E-state index in [1.165, 1.54) is 47.9 Å². The molecule has 4 heteroatoms. The highest BCUT2D eigenvalue weighted by atomic mass is 79.9. The van der Waals surface area contributed by atoms with Crippen LogP contribution in [0.4, 0.5) is 0 Å². The van der Waals surface area contributed by atoms with Crippen molar-refractivity contribution in [1.82, 2.24) is 14.9 Å². The largest absolute Gasteiger partial charge is 0.341 e. The third kappa shape index (κ3) is 2.24. The summed E-state index contributed by atoms with van der Waals surface area (Å²) in [6.07, 6.45) is 5.87. The summed E-state index contributed by atoms with van der Waals surface area (Å²) in [6, 6.07) is 4.08. The van der Waals surface area contributed by atoms with Crippen molar-refractivity contribution in [3.8, 4) is 0 Å². The highest BCUT2D eigenvalue weighted by molar-refractivity contribution is 9.10. The quantitative estimate of drug-likeness (QED) is 0.921. The smallest absolute Gasteiger partial charge is 0.138 e. The zero-order valence-electron chi connectivity index (χ0n) is 9.75. The third-order valence-electron chi connectivity index (χ3n) is 3.41. The summed E-state index contributed by atoms with van der Waals surface area (Å²) in [5, 5.41) is 1.18. The Morgan fingerprint density at radius 1 is 1.29 bits per heavy atom. The molecule has 3 rings (SSSR count). The lowest BCUT2D eigenvalue weighted by molar-refractivity contribution is 0.218.